The highest BCUT2D eigenvalue weighted by molar-refractivity contribution is 6.31. The summed E-state index contributed by atoms with van der Waals surface area (Å²) in [4.78, 5) is 0. The van der Waals surface area contributed by atoms with Crippen LogP contribution in [-0.4, -0.2) is 12.1 Å². The van der Waals surface area contributed by atoms with Crippen LogP contribution in [0.5, 0.6) is 0 Å². The number of hydrogen-bond acceptors (Lipinski definition) is 2. The number of nitrogens with two attached hydrogens (primary N) is 1. The molecule has 1 aromatic carbocycles. The maximum atomic E-state index is 6.09. The zero-order valence-corrected chi connectivity index (χ0v) is 10.2. The van der Waals surface area contributed by atoms with Crippen LogP contribution in [0, 0.1) is 0 Å². The van der Waals surface area contributed by atoms with Gasteiger partial charge in [-0.25, -0.2) is 0 Å². The van der Waals surface area contributed by atoms with E-state index in [9.17, 15) is 0 Å². The van der Waals surface area contributed by atoms with Crippen LogP contribution >= 0.6 is 11.6 Å². The molecule has 0 atom stereocenters. The van der Waals surface area contributed by atoms with E-state index in [1.807, 2.05) is 24.3 Å². The van der Waals surface area contributed by atoms with E-state index in [2.05, 4.69) is 0 Å². The second kappa shape index (κ2) is 5.17. The van der Waals surface area contributed by atoms with Gasteiger partial charge >= 0.3 is 0 Å². The molecule has 1 aliphatic carbocycles. The predicted octanol–water partition coefficient (Wildman–Crippen LogP) is 3.13. The molecule has 0 spiro atoms. The van der Waals surface area contributed by atoms with Gasteiger partial charge in [-0.1, -0.05) is 29.8 Å². The predicted molar refractivity (Wildman–Crippen MR) is 66.5 cm³/mol. The van der Waals surface area contributed by atoms with Gasteiger partial charge in [0.25, 0.3) is 0 Å². The average Bonchev–Trinajstić information content (AvgIpc) is 2.24. The van der Waals surface area contributed by atoms with Gasteiger partial charge in [-0.05, 0) is 43.9 Å². The summed E-state index contributed by atoms with van der Waals surface area (Å²) < 4.78 is 6.01. The van der Waals surface area contributed by atoms with Crippen molar-refractivity contribution in [3.8, 4) is 0 Å². The lowest BCUT2D eigenvalue weighted by Crippen LogP contribution is -2.41. The number of hydrogen-bond donors (Lipinski definition) is 1. The first-order valence-electron chi connectivity index (χ1n) is 5.83. The van der Waals surface area contributed by atoms with E-state index in [4.69, 9.17) is 22.1 Å². The van der Waals surface area contributed by atoms with Gasteiger partial charge in [0.15, 0.2) is 0 Å². The van der Waals surface area contributed by atoms with Crippen LogP contribution in [0.1, 0.15) is 31.2 Å². The Bertz CT molecular complexity index is 350. The zero-order chi connectivity index (χ0) is 11.4. The lowest BCUT2D eigenvalue weighted by molar-refractivity contribution is -0.112. The number of halogens is 1. The zero-order valence-electron chi connectivity index (χ0n) is 9.42. The van der Waals surface area contributed by atoms with Crippen molar-refractivity contribution in [2.75, 3.05) is 6.54 Å². The second-order valence-corrected chi connectivity index (χ2v) is 4.86. The van der Waals surface area contributed by atoms with Gasteiger partial charge in [0.05, 0.1) is 12.2 Å². The van der Waals surface area contributed by atoms with Crippen molar-refractivity contribution in [3.63, 3.8) is 0 Å². The third kappa shape index (κ3) is 2.57. The number of ether oxygens (including phenoxy) is 1. The maximum Gasteiger partial charge on any atom is 0.0738 e. The van der Waals surface area contributed by atoms with Gasteiger partial charge < -0.3 is 10.5 Å². The van der Waals surface area contributed by atoms with Crippen molar-refractivity contribution in [2.45, 2.75) is 37.9 Å². The van der Waals surface area contributed by atoms with Crippen molar-refractivity contribution in [1.82, 2.24) is 0 Å². The minimum atomic E-state index is 0.0356. The lowest BCUT2D eigenvalue weighted by Gasteiger charge is -2.41. The molecule has 0 bridgehead atoms. The van der Waals surface area contributed by atoms with Crippen molar-refractivity contribution < 1.29 is 4.74 Å². The highest BCUT2D eigenvalue weighted by Crippen LogP contribution is 2.39. The number of rotatable bonds is 5. The largest absolute Gasteiger partial charge is 0.370 e. The molecule has 1 fully saturated rings. The molecule has 2 nitrogen and oxygen atoms in total. The molecule has 0 radical (unpaired) electrons. The number of benzene rings is 1. The molecule has 0 aromatic heterocycles. The standard InChI is InChI=1S/C13H18ClNO/c14-12-5-2-1-4-11(12)10-16-13(8-9-15)6-3-7-13/h1-2,4-5H,3,6-10,15H2. The van der Waals surface area contributed by atoms with E-state index in [0.717, 1.165) is 29.8 Å². The van der Waals surface area contributed by atoms with Crippen molar-refractivity contribution in [1.29, 1.82) is 0 Å². The van der Waals surface area contributed by atoms with E-state index in [-0.39, 0.29) is 5.60 Å². The van der Waals surface area contributed by atoms with E-state index in [1.54, 1.807) is 0 Å². The summed E-state index contributed by atoms with van der Waals surface area (Å²) in [5.74, 6) is 0. The molecule has 1 aromatic rings. The highest BCUT2D eigenvalue weighted by atomic mass is 35.5. The third-order valence-corrected chi connectivity index (χ3v) is 3.73. The summed E-state index contributed by atoms with van der Waals surface area (Å²) in [5, 5.41) is 0.782. The molecule has 0 aliphatic heterocycles. The molecule has 2 rings (SSSR count). The van der Waals surface area contributed by atoms with Crippen LogP contribution in [-0.2, 0) is 11.3 Å². The minimum absolute atomic E-state index is 0.0356. The molecule has 1 saturated carbocycles. The summed E-state index contributed by atoms with van der Waals surface area (Å²) in [5.41, 5.74) is 6.71. The first-order valence-corrected chi connectivity index (χ1v) is 6.21. The van der Waals surface area contributed by atoms with Crippen LogP contribution in [0.2, 0.25) is 5.02 Å². The van der Waals surface area contributed by atoms with E-state index in [0.29, 0.717) is 13.2 Å². The Kier molecular flexibility index (Phi) is 3.85. The summed E-state index contributed by atoms with van der Waals surface area (Å²) in [6.07, 6.45) is 4.48. The first kappa shape index (κ1) is 11.9. The molecule has 0 saturated heterocycles. The SMILES string of the molecule is NCCC1(OCc2ccccc2Cl)CCC1. The molecule has 1 aliphatic rings. The van der Waals surface area contributed by atoms with E-state index < -0.39 is 0 Å². The van der Waals surface area contributed by atoms with Gasteiger partial charge in [-0.2, -0.15) is 0 Å². The van der Waals surface area contributed by atoms with Crippen molar-refractivity contribution in [2.24, 2.45) is 5.73 Å². The Labute approximate surface area is 102 Å². The Morgan fingerprint density at radius 1 is 1.31 bits per heavy atom. The molecule has 2 N–H and O–H groups in total. The van der Waals surface area contributed by atoms with Gasteiger partial charge in [-0.15, -0.1) is 0 Å². The topological polar surface area (TPSA) is 35.2 Å². The van der Waals surface area contributed by atoms with Crippen LogP contribution in [0.25, 0.3) is 0 Å². The van der Waals surface area contributed by atoms with Crippen molar-refractivity contribution >= 4 is 11.6 Å². The minimum Gasteiger partial charge on any atom is -0.370 e. The van der Waals surface area contributed by atoms with Gasteiger partial charge in [0, 0.05) is 5.02 Å². The lowest BCUT2D eigenvalue weighted by atomic mass is 9.77. The Morgan fingerprint density at radius 3 is 2.62 bits per heavy atom. The molecular weight excluding hydrogens is 222 g/mol. The summed E-state index contributed by atoms with van der Waals surface area (Å²) in [6, 6.07) is 7.83. The van der Waals surface area contributed by atoms with E-state index >= 15 is 0 Å². The fourth-order valence-corrected chi connectivity index (χ4v) is 2.34. The third-order valence-electron chi connectivity index (χ3n) is 3.36. The molecule has 0 unspecified atom stereocenters. The van der Waals surface area contributed by atoms with Crippen LogP contribution < -0.4 is 5.73 Å². The molecule has 88 valence electrons. The van der Waals surface area contributed by atoms with E-state index in [1.165, 1.54) is 6.42 Å². The summed E-state index contributed by atoms with van der Waals surface area (Å²) in [6.45, 7) is 1.29. The Balaban J connectivity index is 1.93. The maximum absolute atomic E-state index is 6.09. The highest BCUT2D eigenvalue weighted by Gasteiger charge is 2.37. The fourth-order valence-electron chi connectivity index (χ4n) is 2.15. The quantitative estimate of drug-likeness (QED) is 0.857. The Hall–Kier alpha value is -0.570. The van der Waals surface area contributed by atoms with Crippen LogP contribution in [0.15, 0.2) is 24.3 Å². The first-order chi connectivity index (χ1) is 7.76. The average molecular weight is 240 g/mol. The smallest absolute Gasteiger partial charge is 0.0738 e. The fraction of sp³-hybridized carbons (Fsp3) is 0.538. The molecule has 3 heteroatoms. The van der Waals surface area contributed by atoms with Gasteiger partial charge in [-0.3, -0.25) is 0 Å². The molecular formula is C13H18ClNO. The normalized spacial score (nSPS) is 18.1. The molecule has 16 heavy (non-hydrogen) atoms. The van der Waals surface area contributed by atoms with Crippen LogP contribution in [0.4, 0.5) is 0 Å². The summed E-state index contributed by atoms with van der Waals surface area (Å²) in [7, 11) is 0. The van der Waals surface area contributed by atoms with Crippen LogP contribution in [0.3, 0.4) is 0 Å². The summed E-state index contributed by atoms with van der Waals surface area (Å²) >= 11 is 6.09. The second-order valence-electron chi connectivity index (χ2n) is 4.46. The Morgan fingerprint density at radius 2 is 2.06 bits per heavy atom. The molecule has 0 amide bonds. The van der Waals surface area contributed by atoms with Gasteiger partial charge in [0.1, 0.15) is 0 Å². The molecule has 0 heterocycles. The monoisotopic (exact) mass is 239 g/mol. The van der Waals surface area contributed by atoms with Gasteiger partial charge in [0.2, 0.25) is 0 Å². The van der Waals surface area contributed by atoms with Crippen molar-refractivity contribution in [3.05, 3.63) is 34.9 Å².